The molecular weight excluding hydrogens is 321 g/mol. The topological polar surface area (TPSA) is 44.8 Å². The van der Waals surface area contributed by atoms with Crippen LogP contribution in [0.3, 0.4) is 0 Å². The molecule has 0 aliphatic carbocycles. The summed E-state index contributed by atoms with van der Waals surface area (Å²) in [6.07, 6.45) is 4.05. The van der Waals surface area contributed by atoms with E-state index in [1.54, 1.807) is 12.1 Å². The maximum Gasteiger partial charge on any atom is 0.225 e. The molecule has 1 N–H and O–H groups in total. The molecule has 6 heteroatoms. The zero-order valence-electron chi connectivity index (χ0n) is 14.8. The molecule has 1 amide bonds. The number of carbonyl (C=O) groups is 1. The van der Waals surface area contributed by atoms with Crippen molar-refractivity contribution in [2.24, 2.45) is 0 Å². The van der Waals surface area contributed by atoms with Crippen LogP contribution < -0.4 is 5.32 Å². The van der Waals surface area contributed by atoms with Crippen LogP contribution in [0.1, 0.15) is 25.7 Å². The molecule has 2 aliphatic heterocycles. The molecule has 2 fully saturated rings. The van der Waals surface area contributed by atoms with Gasteiger partial charge in [0.25, 0.3) is 0 Å². The average Bonchev–Trinajstić information content (AvgIpc) is 2.88. The number of ether oxygens (including phenoxy) is 1. The highest BCUT2D eigenvalue weighted by Gasteiger charge is 2.24. The number of anilines is 1. The lowest BCUT2D eigenvalue weighted by Gasteiger charge is -2.34. The van der Waals surface area contributed by atoms with Crippen LogP contribution in [0.4, 0.5) is 10.1 Å². The number of benzene rings is 1. The third kappa shape index (κ3) is 5.76. The number of likely N-dealkylation sites (tertiary alicyclic amines) is 1. The number of morpholine rings is 1. The molecule has 2 heterocycles. The molecule has 3 rings (SSSR count). The van der Waals surface area contributed by atoms with Gasteiger partial charge >= 0.3 is 0 Å². The molecule has 0 aromatic heterocycles. The highest BCUT2D eigenvalue weighted by Crippen LogP contribution is 2.18. The first-order chi connectivity index (χ1) is 12.2. The Morgan fingerprint density at radius 2 is 1.88 bits per heavy atom. The lowest BCUT2D eigenvalue weighted by molar-refractivity contribution is -0.116. The molecule has 138 valence electrons. The van der Waals surface area contributed by atoms with Gasteiger partial charge in [-0.15, -0.1) is 0 Å². The quantitative estimate of drug-likeness (QED) is 0.886. The Kier molecular flexibility index (Phi) is 6.78. The zero-order valence-corrected chi connectivity index (χ0v) is 14.8. The number of amides is 1. The maximum absolute atomic E-state index is 12.9. The van der Waals surface area contributed by atoms with Gasteiger partial charge in [-0.1, -0.05) is 0 Å². The average molecular weight is 349 g/mol. The van der Waals surface area contributed by atoms with Crippen LogP contribution >= 0.6 is 0 Å². The Labute approximate surface area is 149 Å². The normalized spacial score (nSPS) is 23.2. The van der Waals surface area contributed by atoms with E-state index in [0.717, 1.165) is 45.9 Å². The second-order valence-corrected chi connectivity index (χ2v) is 6.88. The molecule has 1 unspecified atom stereocenters. The third-order valence-electron chi connectivity index (χ3n) is 5.14. The molecule has 0 spiro atoms. The van der Waals surface area contributed by atoms with E-state index >= 15 is 0 Å². The molecule has 2 saturated heterocycles. The molecule has 1 aromatic carbocycles. The summed E-state index contributed by atoms with van der Waals surface area (Å²) in [7, 11) is 0. The fourth-order valence-corrected chi connectivity index (χ4v) is 3.69. The molecule has 1 atom stereocenters. The van der Waals surface area contributed by atoms with Gasteiger partial charge < -0.3 is 15.0 Å². The van der Waals surface area contributed by atoms with Gasteiger partial charge in [0.15, 0.2) is 0 Å². The van der Waals surface area contributed by atoms with Crippen molar-refractivity contribution in [3.8, 4) is 0 Å². The summed E-state index contributed by atoms with van der Waals surface area (Å²) in [4.78, 5) is 17.0. The number of carbonyl (C=O) groups excluding carboxylic acids is 1. The van der Waals surface area contributed by atoms with Crippen LogP contribution in [0.25, 0.3) is 0 Å². The maximum atomic E-state index is 12.9. The molecule has 5 nitrogen and oxygen atoms in total. The van der Waals surface area contributed by atoms with E-state index in [1.807, 2.05) is 0 Å². The minimum absolute atomic E-state index is 0.0133. The first-order valence-corrected chi connectivity index (χ1v) is 9.30. The minimum atomic E-state index is -0.294. The standard InChI is InChI=1S/C19H28FN3O2/c20-16-3-5-17(6-4-16)21-19(24)8-11-22-9-1-2-18(7-10-22)23-12-14-25-15-13-23/h3-6,18H,1-2,7-15H2,(H,21,24). The smallest absolute Gasteiger partial charge is 0.225 e. The van der Waals surface area contributed by atoms with Crippen LogP contribution in [-0.2, 0) is 9.53 Å². The van der Waals surface area contributed by atoms with Crippen molar-refractivity contribution in [3.05, 3.63) is 30.1 Å². The molecule has 2 aliphatic rings. The fraction of sp³-hybridized carbons (Fsp3) is 0.632. The number of nitrogens with one attached hydrogen (secondary N) is 1. The van der Waals surface area contributed by atoms with Gasteiger partial charge in [0.2, 0.25) is 5.91 Å². The van der Waals surface area contributed by atoms with E-state index in [0.29, 0.717) is 18.2 Å². The van der Waals surface area contributed by atoms with E-state index in [4.69, 9.17) is 4.74 Å². The summed E-state index contributed by atoms with van der Waals surface area (Å²) in [6, 6.07) is 6.55. The summed E-state index contributed by atoms with van der Waals surface area (Å²) < 4.78 is 18.3. The summed E-state index contributed by atoms with van der Waals surface area (Å²) in [6.45, 7) is 6.68. The number of rotatable bonds is 5. The van der Waals surface area contributed by atoms with Gasteiger partial charge in [0.1, 0.15) is 5.82 Å². The van der Waals surface area contributed by atoms with Crippen LogP contribution in [-0.4, -0.2) is 67.7 Å². The monoisotopic (exact) mass is 349 g/mol. The Morgan fingerprint density at radius 1 is 1.12 bits per heavy atom. The molecule has 0 saturated carbocycles. The summed E-state index contributed by atoms with van der Waals surface area (Å²) >= 11 is 0. The predicted octanol–water partition coefficient (Wildman–Crippen LogP) is 2.34. The van der Waals surface area contributed by atoms with E-state index < -0.39 is 0 Å². The second-order valence-electron chi connectivity index (χ2n) is 6.88. The van der Waals surface area contributed by atoms with E-state index in [1.165, 1.54) is 31.4 Å². The van der Waals surface area contributed by atoms with E-state index in [9.17, 15) is 9.18 Å². The van der Waals surface area contributed by atoms with Crippen molar-refractivity contribution in [2.45, 2.75) is 31.7 Å². The third-order valence-corrected chi connectivity index (χ3v) is 5.14. The van der Waals surface area contributed by atoms with Crippen molar-refractivity contribution in [1.29, 1.82) is 0 Å². The summed E-state index contributed by atoms with van der Waals surface area (Å²) in [5, 5.41) is 2.83. The summed E-state index contributed by atoms with van der Waals surface area (Å²) in [5.41, 5.74) is 0.648. The summed E-state index contributed by atoms with van der Waals surface area (Å²) in [5.74, 6) is -0.307. The van der Waals surface area contributed by atoms with Crippen molar-refractivity contribution < 1.29 is 13.9 Å². The molecular formula is C19H28FN3O2. The minimum Gasteiger partial charge on any atom is -0.379 e. The number of nitrogens with zero attached hydrogens (tertiary/aromatic N) is 2. The van der Waals surface area contributed by atoms with E-state index in [-0.39, 0.29) is 11.7 Å². The molecule has 0 radical (unpaired) electrons. The Bertz CT molecular complexity index is 546. The Balaban J connectivity index is 1.39. The first-order valence-electron chi connectivity index (χ1n) is 9.30. The van der Waals surface area contributed by atoms with Crippen LogP contribution in [0, 0.1) is 5.82 Å². The van der Waals surface area contributed by atoms with Gasteiger partial charge in [-0.2, -0.15) is 0 Å². The molecule has 25 heavy (non-hydrogen) atoms. The lowest BCUT2D eigenvalue weighted by atomic mass is 10.1. The second kappa shape index (κ2) is 9.27. The van der Waals surface area contributed by atoms with Crippen LogP contribution in [0.2, 0.25) is 0 Å². The fourth-order valence-electron chi connectivity index (χ4n) is 3.69. The number of hydrogen-bond acceptors (Lipinski definition) is 4. The lowest BCUT2D eigenvalue weighted by Crippen LogP contribution is -2.43. The zero-order chi connectivity index (χ0) is 17.5. The predicted molar refractivity (Wildman–Crippen MR) is 96.1 cm³/mol. The molecule has 0 bridgehead atoms. The van der Waals surface area contributed by atoms with Gasteiger partial charge in [-0.3, -0.25) is 9.69 Å². The SMILES string of the molecule is O=C(CCN1CCCC(N2CCOCC2)CC1)Nc1ccc(F)cc1. The molecule has 1 aromatic rings. The van der Waals surface area contributed by atoms with Crippen molar-refractivity contribution in [2.75, 3.05) is 51.3 Å². The van der Waals surface area contributed by atoms with Gasteiger partial charge in [-0.25, -0.2) is 4.39 Å². The number of halogens is 1. The number of hydrogen-bond donors (Lipinski definition) is 1. The van der Waals surface area contributed by atoms with Gasteiger partial charge in [-0.05, 0) is 56.6 Å². The Hall–Kier alpha value is -1.50. The highest BCUT2D eigenvalue weighted by molar-refractivity contribution is 5.90. The van der Waals surface area contributed by atoms with Gasteiger partial charge in [0, 0.05) is 37.8 Å². The van der Waals surface area contributed by atoms with Crippen molar-refractivity contribution in [3.63, 3.8) is 0 Å². The van der Waals surface area contributed by atoms with Crippen LogP contribution in [0.15, 0.2) is 24.3 Å². The largest absolute Gasteiger partial charge is 0.379 e. The Morgan fingerprint density at radius 3 is 2.64 bits per heavy atom. The van der Waals surface area contributed by atoms with Crippen molar-refractivity contribution in [1.82, 2.24) is 9.80 Å². The first kappa shape index (κ1) is 18.3. The highest BCUT2D eigenvalue weighted by atomic mass is 19.1. The van der Waals surface area contributed by atoms with Crippen molar-refractivity contribution >= 4 is 11.6 Å². The van der Waals surface area contributed by atoms with E-state index in [2.05, 4.69) is 15.1 Å². The van der Waals surface area contributed by atoms with Crippen LogP contribution in [0.5, 0.6) is 0 Å². The van der Waals surface area contributed by atoms with Gasteiger partial charge in [0.05, 0.1) is 13.2 Å².